The molecule has 2 heterocycles. The maximum Gasteiger partial charge on any atom is 0.259 e. The quantitative estimate of drug-likeness (QED) is 0.649. The van der Waals surface area contributed by atoms with Gasteiger partial charge in [0.05, 0.1) is 6.20 Å². The first-order valence-corrected chi connectivity index (χ1v) is 4.44. The normalized spacial score (nSPS) is 16.5. The summed E-state index contributed by atoms with van der Waals surface area (Å²) in [5.74, 6) is 0.763. The maximum atomic E-state index is 11.7. The fraction of sp³-hybridized carbons (Fsp3) is 0.556. The van der Waals surface area contributed by atoms with Gasteiger partial charge in [0.25, 0.3) is 5.91 Å². The SMILES string of the molecule is CC(C)N1CCc2oncc2C1=O. The van der Waals surface area contributed by atoms with E-state index in [0.717, 1.165) is 18.7 Å². The molecule has 2 rings (SSSR count). The lowest BCUT2D eigenvalue weighted by Gasteiger charge is -2.29. The van der Waals surface area contributed by atoms with Crippen molar-refractivity contribution in [2.75, 3.05) is 6.54 Å². The third-order valence-electron chi connectivity index (χ3n) is 2.34. The predicted molar refractivity (Wildman–Crippen MR) is 46.4 cm³/mol. The Kier molecular flexibility index (Phi) is 1.83. The van der Waals surface area contributed by atoms with Crippen LogP contribution in [0.3, 0.4) is 0 Å². The molecule has 0 aliphatic carbocycles. The molecule has 0 saturated carbocycles. The van der Waals surface area contributed by atoms with Crippen LogP contribution >= 0.6 is 0 Å². The molecule has 0 bridgehead atoms. The van der Waals surface area contributed by atoms with E-state index >= 15 is 0 Å². The van der Waals surface area contributed by atoms with E-state index in [1.807, 2.05) is 18.7 Å². The minimum atomic E-state index is 0.0394. The summed E-state index contributed by atoms with van der Waals surface area (Å²) in [6.07, 6.45) is 2.28. The molecule has 1 aromatic rings. The van der Waals surface area contributed by atoms with Crippen LogP contribution in [0.2, 0.25) is 0 Å². The highest BCUT2D eigenvalue weighted by Crippen LogP contribution is 2.19. The molecule has 0 N–H and O–H groups in total. The monoisotopic (exact) mass is 180 g/mol. The lowest BCUT2D eigenvalue weighted by molar-refractivity contribution is 0.0679. The van der Waals surface area contributed by atoms with E-state index in [4.69, 9.17) is 4.52 Å². The Hall–Kier alpha value is -1.32. The van der Waals surface area contributed by atoms with E-state index in [1.165, 1.54) is 6.20 Å². The minimum Gasteiger partial charge on any atom is -0.360 e. The summed E-state index contributed by atoms with van der Waals surface area (Å²) in [7, 11) is 0. The number of carbonyl (C=O) groups excluding carboxylic acids is 1. The van der Waals surface area contributed by atoms with Gasteiger partial charge in [-0.1, -0.05) is 5.16 Å². The molecular formula is C9H12N2O2. The zero-order valence-electron chi connectivity index (χ0n) is 7.78. The number of nitrogens with zero attached hydrogens (tertiary/aromatic N) is 2. The second-order valence-electron chi connectivity index (χ2n) is 3.50. The standard InChI is InChI=1S/C9H12N2O2/c1-6(2)11-4-3-8-7(9(11)12)5-10-13-8/h5-6H,3-4H2,1-2H3. The fourth-order valence-electron chi connectivity index (χ4n) is 1.59. The summed E-state index contributed by atoms with van der Waals surface area (Å²) in [4.78, 5) is 13.6. The Balaban J connectivity index is 2.32. The number of hydrogen-bond acceptors (Lipinski definition) is 3. The molecule has 1 amide bonds. The van der Waals surface area contributed by atoms with Crippen LogP contribution in [-0.2, 0) is 6.42 Å². The van der Waals surface area contributed by atoms with E-state index < -0.39 is 0 Å². The molecule has 0 spiro atoms. The molecule has 0 atom stereocenters. The van der Waals surface area contributed by atoms with Gasteiger partial charge in [0.1, 0.15) is 5.56 Å². The molecule has 0 fully saturated rings. The first-order chi connectivity index (χ1) is 6.20. The van der Waals surface area contributed by atoms with Crippen LogP contribution in [0.25, 0.3) is 0 Å². The Morgan fingerprint density at radius 2 is 2.38 bits per heavy atom. The Labute approximate surface area is 76.5 Å². The van der Waals surface area contributed by atoms with E-state index in [-0.39, 0.29) is 11.9 Å². The summed E-state index contributed by atoms with van der Waals surface area (Å²) in [6.45, 7) is 4.76. The van der Waals surface area contributed by atoms with Crippen LogP contribution in [0.5, 0.6) is 0 Å². The van der Waals surface area contributed by atoms with Crippen molar-refractivity contribution in [1.82, 2.24) is 10.1 Å². The average molecular weight is 180 g/mol. The Bertz CT molecular complexity index is 330. The topological polar surface area (TPSA) is 46.3 Å². The van der Waals surface area contributed by atoms with E-state index in [2.05, 4.69) is 5.16 Å². The zero-order chi connectivity index (χ0) is 9.42. The van der Waals surface area contributed by atoms with Crippen LogP contribution in [0, 0.1) is 0 Å². The average Bonchev–Trinajstić information content (AvgIpc) is 2.52. The first-order valence-electron chi connectivity index (χ1n) is 4.44. The molecular weight excluding hydrogens is 168 g/mol. The Morgan fingerprint density at radius 1 is 1.62 bits per heavy atom. The van der Waals surface area contributed by atoms with Crippen molar-refractivity contribution in [3.63, 3.8) is 0 Å². The van der Waals surface area contributed by atoms with Gasteiger partial charge in [0.2, 0.25) is 0 Å². The maximum absolute atomic E-state index is 11.7. The summed E-state index contributed by atoms with van der Waals surface area (Å²) < 4.78 is 4.96. The number of rotatable bonds is 1. The molecule has 13 heavy (non-hydrogen) atoms. The predicted octanol–water partition coefficient (Wildman–Crippen LogP) is 1.08. The molecule has 0 radical (unpaired) electrons. The van der Waals surface area contributed by atoms with E-state index in [9.17, 15) is 4.79 Å². The fourth-order valence-corrected chi connectivity index (χ4v) is 1.59. The van der Waals surface area contributed by atoms with Gasteiger partial charge in [0.15, 0.2) is 5.76 Å². The van der Waals surface area contributed by atoms with Gasteiger partial charge < -0.3 is 9.42 Å². The molecule has 0 aromatic carbocycles. The lowest BCUT2D eigenvalue weighted by atomic mass is 10.1. The van der Waals surface area contributed by atoms with Crippen molar-refractivity contribution in [2.24, 2.45) is 0 Å². The largest absolute Gasteiger partial charge is 0.360 e. The van der Waals surface area contributed by atoms with Crippen molar-refractivity contribution in [3.8, 4) is 0 Å². The number of aromatic nitrogens is 1. The molecule has 4 nitrogen and oxygen atoms in total. The van der Waals surface area contributed by atoms with Crippen molar-refractivity contribution in [2.45, 2.75) is 26.3 Å². The van der Waals surface area contributed by atoms with E-state index in [0.29, 0.717) is 5.56 Å². The highest BCUT2D eigenvalue weighted by molar-refractivity contribution is 5.95. The third-order valence-corrected chi connectivity index (χ3v) is 2.34. The number of carbonyl (C=O) groups is 1. The Morgan fingerprint density at radius 3 is 3.08 bits per heavy atom. The molecule has 0 unspecified atom stereocenters. The summed E-state index contributed by atoms with van der Waals surface area (Å²) in [5.41, 5.74) is 0.625. The van der Waals surface area contributed by atoms with Gasteiger partial charge >= 0.3 is 0 Å². The molecule has 1 aromatic heterocycles. The summed E-state index contributed by atoms with van der Waals surface area (Å²) >= 11 is 0. The van der Waals surface area contributed by atoms with Crippen molar-refractivity contribution in [3.05, 3.63) is 17.5 Å². The number of amides is 1. The van der Waals surface area contributed by atoms with Gasteiger partial charge in [-0.25, -0.2) is 0 Å². The van der Waals surface area contributed by atoms with Crippen LogP contribution < -0.4 is 0 Å². The summed E-state index contributed by atoms with van der Waals surface area (Å²) in [5, 5.41) is 3.63. The molecule has 1 aliphatic rings. The van der Waals surface area contributed by atoms with Crippen molar-refractivity contribution >= 4 is 5.91 Å². The van der Waals surface area contributed by atoms with Crippen LogP contribution in [0.15, 0.2) is 10.7 Å². The van der Waals surface area contributed by atoms with Gasteiger partial charge in [0, 0.05) is 19.0 Å². The second kappa shape index (κ2) is 2.87. The van der Waals surface area contributed by atoms with Crippen LogP contribution in [0.4, 0.5) is 0 Å². The van der Waals surface area contributed by atoms with Crippen LogP contribution in [0.1, 0.15) is 30.0 Å². The van der Waals surface area contributed by atoms with E-state index in [1.54, 1.807) is 0 Å². The molecule has 70 valence electrons. The lowest BCUT2D eigenvalue weighted by Crippen LogP contribution is -2.41. The zero-order valence-corrected chi connectivity index (χ0v) is 7.78. The highest BCUT2D eigenvalue weighted by Gasteiger charge is 2.28. The van der Waals surface area contributed by atoms with Gasteiger partial charge in [-0.15, -0.1) is 0 Å². The molecule has 4 heteroatoms. The van der Waals surface area contributed by atoms with Crippen molar-refractivity contribution in [1.29, 1.82) is 0 Å². The number of fused-ring (bicyclic) bond motifs is 1. The number of hydrogen-bond donors (Lipinski definition) is 0. The van der Waals surface area contributed by atoms with Gasteiger partial charge in [-0.2, -0.15) is 0 Å². The van der Waals surface area contributed by atoms with Crippen LogP contribution in [-0.4, -0.2) is 28.6 Å². The smallest absolute Gasteiger partial charge is 0.259 e. The van der Waals surface area contributed by atoms with Crippen molar-refractivity contribution < 1.29 is 9.32 Å². The van der Waals surface area contributed by atoms with Gasteiger partial charge in [-0.3, -0.25) is 4.79 Å². The minimum absolute atomic E-state index is 0.0394. The first kappa shape index (κ1) is 8.29. The highest BCUT2D eigenvalue weighted by atomic mass is 16.5. The molecule has 1 aliphatic heterocycles. The second-order valence-corrected chi connectivity index (χ2v) is 3.50. The molecule has 0 saturated heterocycles. The third kappa shape index (κ3) is 1.22. The van der Waals surface area contributed by atoms with Gasteiger partial charge in [-0.05, 0) is 13.8 Å². The summed E-state index contributed by atoms with van der Waals surface area (Å²) in [6, 6.07) is 0.246.